The quantitative estimate of drug-likeness (QED) is 0.375. The summed E-state index contributed by atoms with van der Waals surface area (Å²) in [5.41, 5.74) is 1.18. The molecule has 1 aliphatic heterocycles. The Kier molecular flexibility index (Phi) is 8.94. The van der Waals surface area contributed by atoms with E-state index >= 15 is 0 Å². The van der Waals surface area contributed by atoms with Crippen molar-refractivity contribution in [1.29, 1.82) is 0 Å². The lowest BCUT2D eigenvalue weighted by atomic mass is 9.86. The van der Waals surface area contributed by atoms with Crippen molar-refractivity contribution < 1.29 is 22.7 Å². The van der Waals surface area contributed by atoms with Crippen LogP contribution in [0.2, 0.25) is 0 Å². The van der Waals surface area contributed by atoms with Crippen LogP contribution in [0.1, 0.15) is 57.4 Å². The molecule has 0 unspecified atom stereocenters. The summed E-state index contributed by atoms with van der Waals surface area (Å²) in [5, 5.41) is 7.04. The zero-order valence-corrected chi connectivity index (χ0v) is 24.0. The molecule has 0 spiro atoms. The van der Waals surface area contributed by atoms with Gasteiger partial charge in [0.1, 0.15) is 6.04 Å². The number of likely N-dealkylation sites (tertiary alicyclic amines) is 1. The summed E-state index contributed by atoms with van der Waals surface area (Å²) in [7, 11) is -2.41. The number of anilines is 1. The van der Waals surface area contributed by atoms with E-state index in [4.69, 9.17) is 4.74 Å². The molecule has 10 nitrogen and oxygen atoms in total. The number of nitrogens with one attached hydrogen (secondary N) is 3. The van der Waals surface area contributed by atoms with E-state index in [0.29, 0.717) is 30.3 Å². The number of methoxy groups -OCH3 is 1. The Morgan fingerprint density at radius 3 is 2.61 bits per heavy atom. The zero-order chi connectivity index (χ0) is 27.4. The highest BCUT2D eigenvalue weighted by molar-refractivity contribution is 7.89. The number of ether oxygens (including phenoxy) is 1. The number of β-lactam (4-membered cyclic amide) rings is 1. The first kappa shape index (κ1) is 28.3. The highest BCUT2D eigenvalue weighted by atomic mass is 32.2. The van der Waals surface area contributed by atoms with Crippen molar-refractivity contribution in [3.8, 4) is 10.4 Å². The van der Waals surface area contributed by atoms with E-state index < -0.39 is 16.1 Å². The molecule has 0 bridgehead atoms. The lowest BCUT2D eigenvalue weighted by Crippen LogP contribution is -2.60. The fraction of sp³-hybridized carbons (Fsp3) is 0.577. The standard InChI is InChI=1S/C26H37N5O5S2/c1-5-28-38(34,35)23-12-19(29-21-15-31(25(21)32)14-16(2)3)10-11-20(23)22-13-27-24(37-22)17-6-8-18(9-7-17)30-26(33)36-4/h10-13,16-18,21,28-29H,5-9,14-15H2,1-4H3,(H,30,33)/t17?,18?,21-/m1/s1. The topological polar surface area (TPSA) is 130 Å². The molecule has 4 rings (SSSR count). The molecule has 1 aromatic carbocycles. The number of aromatic nitrogens is 1. The third-order valence-corrected chi connectivity index (χ3v) is 9.70. The van der Waals surface area contributed by atoms with Crippen LogP contribution in [-0.2, 0) is 19.6 Å². The third kappa shape index (κ3) is 6.47. The van der Waals surface area contributed by atoms with Crippen LogP contribution in [-0.4, -0.2) is 69.1 Å². The average molecular weight is 564 g/mol. The fourth-order valence-corrected chi connectivity index (χ4v) is 7.50. The van der Waals surface area contributed by atoms with Gasteiger partial charge in [-0.3, -0.25) is 4.79 Å². The number of alkyl carbamates (subject to hydrolysis) is 1. The van der Waals surface area contributed by atoms with Crippen molar-refractivity contribution in [1.82, 2.24) is 19.9 Å². The maximum absolute atomic E-state index is 13.2. The molecule has 2 aromatic rings. The van der Waals surface area contributed by atoms with Crippen molar-refractivity contribution in [2.24, 2.45) is 5.92 Å². The van der Waals surface area contributed by atoms with Gasteiger partial charge in [0.2, 0.25) is 15.9 Å². The molecule has 1 saturated heterocycles. The Morgan fingerprint density at radius 2 is 1.97 bits per heavy atom. The minimum absolute atomic E-state index is 0.0301. The fourth-order valence-electron chi connectivity index (χ4n) is 5.03. The molecule has 3 N–H and O–H groups in total. The molecule has 208 valence electrons. The lowest BCUT2D eigenvalue weighted by Gasteiger charge is -2.40. The molecule has 2 heterocycles. The molecule has 1 saturated carbocycles. The minimum Gasteiger partial charge on any atom is -0.453 e. The number of carbonyl (C=O) groups is 2. The van der Waals surface area contributed by atoms with Gasteiger partial charge in [0.25, 0.3) is 0 Å². The van der Waals surface area contributed by atoms with Crippen LogP contribution in [0, 0.1) is 5.92 Å². The first-order chi connectivity index (χ1) is 18.1. The number of thiazole rings is 1. The number of rotatable bonds is 10. The van der Waals surface area contributed by atoms with Crippen LogP contribution >= 0.6 is 11.3 Å². The number of hydrogen-bond donors (Lipinski definition) is 3. The molecule has 1 aromatic heterocycles. The van der Waals surface area contributed by atoms with Gasteiger partial charge in [0.05, 0.1) is 21.9 Å². The van der Waals surface area contributed by atoms with Crippen LogP contribution in [0.15, 0.2) is 29.3 Å². The van der Waals surface area contributed by atoms with E-state index in [0.717, 1.165) is 35.6 Å². The van der Waals surface area contributed by atoms with Crippen molar-refractivity contribution in [3.05, 3.63) is 29.4 Å². The molecule has 12 heteroatoms. The van der Waals surface area contributed by atoms with Gasteiger partial charge >= 0.3 is 6.09 Å². The summed E-state index contributed by atoms with van der Waals surface area (Å²) in [6.45, 7) is 7.47. The molecule has 38 heavy (non-hydrogen) atoms. The van der Waals surface area contributed by atoms with Gasteiger partial charge in [-0.25, -0.2) is 22.9 Å². The van der Waals surface area contributed by atoms with Crippen molar-refractivity contribution in [2.75, 3.05) is 32.1 Å². The van der Waals surface area contributed by atoms with Gasteiger partial charge in [0, 0.05) is 49.0 Å². The van der Waals surface area contributed by atoms with Gasteiger partial charge in [-0.2, -0.15) is 0 Å². The van der Waals surface area contributed by atoms with Crippen LogP contribution in [0.3, 0.4) is 0 Å². The summed E-state index contributed by atoms with van der Waals surface area (Å²) in [5.74, 6) is 0.687. The van der Waals surface area contributed by atoms with Gasteiger partial charge in [0.15, 0.2) is 0 Å². The second kappa shape index (κ2) is 12.0. The Hall–Kier alpha value is -2.70. The van der Waals surface area contributed by atoms with E-state index in [1.807, 2.05) is 11.0 Å². The molecule has 0 radical (unpaired) electrons. The average Bonchev–Trinajstić information content (AvgIpc) is 3.38. The molecule has 1 atom stereocenters. The Balaban J connectivity index is 1.51. The van der Waals surface area contributed by atoms with E-state index in [-0.39, 0.29) is 35.3 Å². The molecule has 2 aliphatic rings. The van der Waals surface area contributed by atoms with E-state index in [2.05, 4.69) is 34.2 Å². The lowest BCUT2D eigenvalue weighted by molar-refractivity contribution is -0.141. The number of amides is 2. The SMILES string of the molecule is CCNS(=O)(=O)c1cc(N[C@@H]2CN(CC(C)C)C2=O)ccc1-c1cnc(C2CCC(NC(=O)OC)CC2)s1. The van der Waals surface area contributed by atoms with E-state index in [9.17, 15) is 18.0 Å². The van der Waals surface area contributed by atoms with Crippen LogP contribution < -0.4 is 15.4 Å². The minimum atomic E-state index is -3.77. The number of benzene rings is 1. The number of hydrogen-bond acceptors (Lipinski definition) is 8. The molecule has 1 aliphatic carbocycles. The maximum atomic E-state index is 13.2. The van der Waals surface area contributed by atoms with Gasteiger partial charge in [-0.05, 0) is 43.7 Å². The summed E-state index contributed by atoms with van der Waals surface area (Å²) in [4.78, 5) is 31.4. The number of sulfonamides is 1. The number of nitrogens with zero attached hydrogens (tertiary/aromatic N) is 2. The Labute approximate surface area is 228 Å². The van der Waals surface area contributed by atoms with Gasteiger partial charge in [-0.15, -0.1) is 11.3 Å². The normalized spacial score (nSPS) is 21.8. The van der Waals surface area contributed by atoms with Crippen LogP contribution in [0.5, 0.6) is 0 Å². The summed E-state index contributed by atoms with van der Waals surface area (Å²) in [6.07, 6.45) is 4.78. The monoisotopic (exact) mass is 563 g/mol. The van der Waals surface area contributed by atoms with Crippen LogP contribution in [0.25, 0.3) is 10.4 Å². The smallest absolute Gasteiger partial charge is 0.407 e. The maximum Gasteiger partial charge on any atom is 0.407 e. The van der Waals surface area contributed by atoms with Gasteiger partial charge in [-0.1, -0.05) is 26.8 Å². The van der Waals surface area contributed by atoms with Crippen molar-refractivity contribution in [3.63, 3.8) is 0 Å². The third-order valence-electron chi connectivity index (χ3n) is 6.92. The summed E-state index contributed by atoms with van der Waals surface area (Å²) < 4.78 is 33.6. The van der Waals surface area contributed by atoms with Crippen molar-refractivity contribution in [2.45, 2.75) is 69.4 Å². The Morgan fingerprint density at radius 1 is 1.24 bits per heavy atom. The summed E-state index contributed by atoms with van der Waals surface area (Å²) in [6, 6.07) is 4.95. The summed E-state index contributed by atoms with van der Waals surface area (Å²) >= 11 is 1.51. The second-order valence-electron chi connectivity index (χ2n) is 10.3. The van der Waals surface area contributed by atoms with E-state index in [1.165, 1.54) is 18.4 Å². The van der Waals surface area contributed by atoms with Crippen LogP contribution in [0.4, 0.5) is 10.5 Å². The molecular weight excluding hydrogens is 526 g/mol. The predicted molar refractivity (Wildman–Crippen MR) is 148 cm³/mol. The van der Waals surface area contributed by atoms with Gasteiger partial charge < -0.3 is 20.3 Å². The van der Waals surface area contributed by atoms with E-state index in [1.54, 1.807) is 25.3 Å². The predicted octanol–water partition coefficient (Wildman–Crippen LogP) is 3.77. The zero-order valence-electron chi connectivity index (χ0n) is 22.3. The Bertz CT molecular complexity index is 1250. The number of carbonyl (C=O) groups excluding carboxylic acids is 2. The molecule has 2 amide bonds. The first-order valence-corrected chi connectivity index (χ1v) is 15.4. The highest BCUT2D eigenvalue weighted by Gasteiger charge is 2.37. The van der Waals surface area contributed by atoms with Crippen molar-refractivity contribution >= 4 is 39.0 Å². The largest absolute Gasteiger partial charge is 0.453 e. The molecular formula is C26H37N5O5S2. The second-order valence-corrected chi connectivity index (χ2v) is 13.1. The first-order valence-electron chi connectivity index (χ1n) is 13.1. The molecule has 2 fully saturated rings. The highest BCUT2D eigenvalue weighted by Crippen LogP contribution is 2.40.